The number of carbonyl (C=O) groups is 12. The van der Waals surface area contributed by atoms with Gasteiger partial charge in [-0.2, -0.15) is 0 Å². The Kier molecular flexibility index (Phi) is 41.2. The van der Waals surface area contributed by atoms with E-state index in [1.54, 1.807) is 0 Å². The predicted octanol–water partition coefficient (Wildman–Crippen LogP) is -22.3. The predicted molar refractivity (Wildman–Crippen MR) is 138 cm³/mol. The average Bonchev–Trinajstić information content (AvgIpc) is 2.85. The topological polar surface area (TPSA) is 540 Å². The Balaban J connectivity index is -0.0000000893. The van der Waals surface area contributed by atoms with E-state index in [-0.39, 0.29) is 118 Å². The number of hydrogen-bond acceptors (Lipinski definition) is 20. The molecule has 0 aromatic carbocycles. The van der Waals surface area contributed by atoms with Gasteiger partial charge in [-0.05, 0) is 0 Å². The van der Waals surface area contributed by atoms with E-state index in [2.05, 4.69) is 0 Å². The van der Waals surface area contributed by atoms with Crippen LogP contribution in [0.15, 0.2) is 0 Å². The minimum Gasteiger partial charge on any atom is -0.550 e. The summed E-state index contributed by atoms with van der Waals surface area (Å²) in [6.07, 6.45) is -9.73. The third-order valence-corrected chi connectivity index (χ3v) is 5.10. The molecule has 28 nitrogen and oxygen atoms in total. The maximum Gasteiger partial charge on any atom is 1.00 e. The first-order valence-corrected chi connectivity index (χ1v) is 12.6. The Morgan fingerprint density at radius 1 is 0.304 bits per heavy atom. The molecule has 296 valence electrons. The number of carbonyl (C=O) groups excluding carboxylic acids is 4. The van der Waals surface area contributed by atoms with Crippen molar-refractivity contribution in [2.75, 3.05) is 0 Å². The Morgan fingerprint density at radius 3 is 0.554 bits per heavy atom. The van der Waals surface area contributed by atoms with Crippen LogP contribution < -0.4 is 139 Å². The van der Waals surface area contributed by atoms with Crippen molar-refractivity contribution < 1.29 is 257 Å². The van der Waals surface area contributed by atoms with Gasteiger partial charge in [-0.3, -0.25) is 24.0 Å². The van der Waals surface area contributed by atoms with Crippen molar-refractivity contribution >= 4 is 71.6 Å². The Morgan fingerprint density at radius 2 is 0.446 bits per heavy atom. The molecule has 0 spiro atoms. The van der Waals surface area contributed by atoms with Crippen molar-refractivity contribution in [1.29, 1.82) is 0 Å². The van der Waals surface area contributed by atoms with Crippen molar-refractivity contribution in [3.8, 4) is 0 Å². The third kappa shape index (κ3) is 34.7. The maximum absolute atomic E-state index is 10.3. The first-order valence-electron chi connectivity index (χ1n) is 12.6. The minimum absolute atomic E-state index is 0. The van der Waals surface area contributed by atoms with Crippen molar-refractivity contribution in [3.63, 3.8) is 0 Å². The van der Waals surface area contributed by atoms with Crippen LogP contribution in [0.4, 0.5) is 0 Å². The van der Waals surface area contributed by atoms with E-state index in [9.17, 15) is 78.0 Å². The fourth-order valence-corrected chi connectivity index (χ4v) is 2.82. The van der Waals surface area contributed by atoms with Crippen LogP contribution in [0.2, 0.25) is 0 Å². The van der Waals surface area contributed by atoms with E-state index in [1.807, 2.05) is 0 Å². The molecular weight excluding hydrogens is 828 g/mol. The van der Waals surface area contributed by atoms with Gasteiger partial charge in [-0.1, -0.05) is 0 Å². The van der Waals surface area contributed by atoms with Gasteiger partial charge in [0.2, 0.25) is 0 Å². The van der Waals surface area contributed by atoms with Gasteiger partial charge < -0.3 is 101 Å². The third-order valence-electron chi connectivity index (χ3n) is 5.10. The largest absolute Gasteiger partial charge is 1.00 e. The number of carboxylic acid groups (broad SMARTS) is 12. The van der Waals surface area contributed by atoms with Crippen molar-refractivity contribution in [2.24, 2.45) is 0 Å². The van der Waals surface area contributed by atoms with Crippen LogP contribution in [0.5, 0.6) is 0 Å². The zero-order valence-electron chi connectivity index (χ0n) is 29.6. The van der Waals surface area contributed by atoms with Gasteiger partial charge in [-0.25, -0.2) is 14.4 Å². The molecule has 12 N–H and O–H groups in total. The number of rotatable bonds is 20. The molecule has 0 saturated heterocycles. The molecule has 32 heteroatoms. The Bertz CT molecular complexity index is 1140. The van der Waals surface area contributed by atoms with Gasteiger partial charge >= 0.3 is 166 Å². The molecule has 0 rings (SSSR count). The first kappa shape index (κ1) is 71.2. The van der Waals surface area contributed by atoms with Crippen LogP contribution in [0.3, 0.4) is 0 Å². The summed E-state index contributed by atoms with van der Waals surface area (Å²) in [4.78, 5) is 121. The van der Waals surface area contributed by atoms with Gasteiger partial charge in [0.1, 0.15) is 5.60 Å². The van der Waals surface area contributed by atoms with Gasteiger partial charge in [0, 0.05) is 37.2 Å². The summed E-state index contributed by atoms with van der Waals surface area (Å²) in [5.74, 6) is -21.4. The molecule has 1 unspecified atom stereocenters. The zero-order valence-corrected chi connectivity index (χ0v) is 37.6. The molecule has 0 bridgehead atoms. The minimum atomic E-state index is -2.97. The fraction of sp³-hybridized carbons (Fsp3) is 0.500. The molecule has 0 aromatic heterocycles. The summed E-state index contributed by atoms with van der Waals surface area (Å²) >= 11 is 0. The Hall–Kier alpha value is -2.52. The van der Waals surface area contributed by atoms with Crippen LogP contribution in [0.25, 0.3) is 0 Å². The fourth-order valence-electron chi connectivity index (χ4n) is 2.82. The maximum atomic E-state index is 10.3. The standard InChI is InChI=1S/4C6H8O7.4Na/c4*7-3(8)1-6(13,5(11)12)2-4(9)10;;;;/h4*13H,1-2H2,(H,7,8)(H,9,10)(H,11,12);;;;/q;;;;4*+1/p-4. The second kappa shape index (κ2) is 32.4. The number of aliphatic hydroxyl groups is 4. The number of aliphatic carboxylic acids is 12. The molecular formula is C24H28Na4O28. The first-order chi connectivity index (χ1) is 23.1. The van der Waals surface area contributed by atoms with Crippen molar-refractivity contribution in [2.45, 2.75) is 73.8 Å². The van der Waals surface area contributed by atoms with Gasteiger partial charge in [0.05, 0.1) is 38.1 Å². The second-order valence-corrected chi connectivity index (χ2v) is 9.83. The normalized spacial score (nSPS) is 10.9. The summed E-state index contributed by atoms with van der Waals surface area (Å²) < 4.78 is 0. The smallest absolute Gasteiger partial charge is 0.550 e. The van der Waals surface area contributed by atoms with Gasteiger partial charge in [0.15, 0.2) is 16.8 Å². The van der Waals surface area contributed by atoms with E-state index in [0.29, 0.717) is 0 Å². The summed E-state index contributed by atoms with van der Waals surface area (Å²) in [6.45, 7) is 0. The summed E-state index contributed by atoms with van der Waals surface area (Å²) in [5.41, 5.74) is -11.3. The Labute approximate surface area is 398 Å². The van der Waals surface area contributed by atoms with Gasteiger partial charge in [-0.15, -0.1) is 0 Å². The van der Waals surface area contributed by atoms with Crippen LogP contribution in [-0.4, -0.2) is 155 Å². The summed E-state index contributed by atoms with van der Waals surface area (Å²) in [6, 6.07) is 0. The molecule has 0 fully saturated rings. The molecule has 0 radical (unpaired) electrons. The average molecular weight is 856 g/mol. The van der Waals surface area contributed by atoms with Crippen molar-refractivity contribution in [1.82, 2.24) is 0 Å². The van der Waals surface area contributed by atoms with Crippen molar-refractivity contribution in [3.05, 3.63) is 0 Å². The molecule has 0 amide bonds. The molecule has 0 saturated carbocycles. The van der Waals surface area contributed by atoms with Gasteiger partial charge in [0.25, 0.3) is 0 Å². The molecule has 0 aliphatic carbocycles. The molecule has 1 atom stereocenters. The van der Waals surface area contributed by atoms with Crippen LogP contribution in [0.1, 0.15) is 51.4 Å². The molecule has 56 heavy (non-hydrogen) atoms. The van der Waals surface area contributed by atoms with E-state index in [1.165, 1.54) is 0 Å². The van der Waals surface area contributed by atoms with E-state index >= 15 is 0 Å². The SMILES string of the molecule is O=C(O)CC(O)(CC(=O)O)C(=O)O.O=C(O)CC(O)(CC(=O)O)C(=O)O.O=C([O-])CC(O)(CC(=O)O)C(=O)O.O=C([O-])CC(O)(CC(=O)[O-])C(=O)[O-].[Na+].[Na+].[Na+].[Na+]. The van der Waals surface area contributed by atoms with Crippen LogP contribution >= 0.6 is 0 Å². The van der Waals surface area contributed by atoms with E-state index in [0.717, 1.165) is 0 Å². The quantitative estimate of drug-likeness (QED) is 0.0506. The number of carboxylic acids is 12. The van der Waals surface area contributed by atoms with Crippen LogP contribution in [-0.2, 0) is 57.5 Å². The number of hydrogen-bond donors (Lipinski definition) is 12. The molecule has 0 aliphatic heterocycles. The second-order valence-electron chi connectivity index (χ2n) is 9.83. The van der Waals surface area contributed by atoms with Crippen LogP contribution in [0, 0.1) is 0 Å². The zero-order chi connectivity index (χ0) is 42.6. The molecule has 0 aliphatic rings. The summed E-state index contributed by atoms with van der Waals surface area (Å²) in [7, 11) is 0. The monoisotopic (exact) mass is 856 g/mol. The van der Waals surface area contributed by atoms with E-state index < -0.39 is 145 Å². The molecule has 0 aromatic rings. The molecule has 0 heterocycles. The summed E-state index contributed by atoms with van der Waals surface area (Å²) in [5, 5.41) is 142. The van der Waals surface area contributed by atoms with E-state index in [4.69, 9.17) is 61.3 Å².